The predicted octanol–water partition coefficient (Wildman–Crippen LogP) is 15.5. The Balaban J connectivity index is 1.11. The van der Waals surface area contributed by atoms with Crippen LogP contribution in [0.25, 0.3) is 118 Å². The Morgan fingerprint density at radius 3 is 1.47 bits per heavy atom. The van der Waals surface area contributed by atoms with Crippen LogP contribution in [0.2, 0.25) is 0 Å². The summed E-state index contributed by atoms with van der Waals surface area (Å²) in [5.74, 6) is 0. The quantitative estimate of drug-likeness (QED) is 0.159. The molecule has 0 nitrogen and oxygen atoms in total. The molecule has 0 aliphatic heterocycles. The number of hydrogen-bond acceptors (Lipinski definition) is 1. The van der Waals surface area contributed by atoms with Gasteiger partial charge in [0.25, 0.3) is 0 Å². The van der Waals surface area contributed by atoms with Gasteiger partial charge in [-0.1, -0.05) is 158 Å². The summed E-state index contributed by atoms with van der Waals surface area (Å²) < 4.78 is 2.68. The summed E-state index contributed by atoms with van der Waals surface area (Å²) in [5.41, 5.74) is 5.00. The standard InChI is InChI=1S/C52H30S/c1-3-11-36-31(9-1)17-18-33-29-34(19-22-37(33)36)38-24-25-39(42-14-6-5-13-41(38)42)35-20-23-46-47(30-35)44-16-8-7-15-43(44)45-26-28-49-52(50(45)46)51-40-12-4-2-10-32(40)21-27-48(51)53-49/h1-30H. The van der Waals surface area contributed by atoms with Gasteiger partial charge in [0.2, 0.25) is 0 Å². The van der Waals surface area contributed by atoms with Crippen molar-refractivity contribution in [3.05, 3.63) is 182 Å². The maximum Gasteiger partial charge on any atom is 0.0362 e. The van der Waals surface area contributed by atoms with E-state index in [9.17, 15) is 0 Å². The van der Waals surface area contributed by atoms with Crippen molar-refractivity contribution < 1.29 is 0 Å². The molecule has 0 saturated carbocycles. The van der Waals surface area contributed by atoms with Gasteiger partial charge in [-0.15, -0.1) is 11.3 Å². The lowest BCUT2D eigenvalue weighted by molar-refractivity contribution is 1.66. The lowest BCUT2D eigenvalue weighted by Crippen LogP contribution is -1.89. The molecule has 1 aromatic heterocycles. The van der Waals surface area contributed by atoms with Crippen LogP contribution in [-0.4, -0.2) is 0 Å². The number of benzene rings is 11. The molecular formula is C52H30S. The molecule has 12 rings (SSSR count). The monoisotopic (exact) mass is 686 g/mol. The molecule has 1 heterocycles. The van der Waals surface area contributed by atoms with E-state index in [0.717, 1.165) is 0 Å². The van der Waals surface area contributed by atoms with Crippen LogP contribution in [0.15, 0.2) is 182 Å². The smallest absolute Gasteiger partial charge is 0.0362 e. The molecule has 12 aromatic rings. The van der Waals surface area contributed by atoms with Crippen LogP contribution >= 0.6 is 11.3 Å². The topological polar surface area (TPSA) is 0 Å². The van der Waals surface area contributed by atoms with Crippen molar-refractivity contribution in [1.82, 2.24) is 0 Å². The average Bonchev–Trinajstić information content (AvgIpc) is 3.62. The molecule has 0 aliphatic carbocycles. The van der Waals surface area contributed by atoms with Gasteiger partial charge in [0.05, 0.1) is 0 Å². The van der Waals surface area contributed by atoms with E-state index in [-0.39, 0.29) is 0 Å². The summed E-state index contributed by atoms with van der Waals surface area (Å²) in [7, 11) is 0. The molecule has 11 aromatic carbocycles. The number of thiophene rings is 1. The molecule has 0 saturated heterocycles. The van der Waals surface area contributed by atoms with Crippen molar-refractivity contribution in [2.75, 3.05) is 0 Å². The maximum atomic E-state index is 2.45. The van der Waals surface area contributed by atoms with Crippen molar-refractivity contribution in [1.29, 1.82) is 0 Å². The van der Waals surface area contributed by atoms with E-state index in [1.54, 1.807) is 0 Å². The van der Waals surface area contributed by atoms with Crippen LogP contribution in [0.4, 0.5) is 0 Å². The maximum absolute atomic E-state index is 2.45. The van der Waals surface area contributed by atoms with Gasteiger partial charge in [-0.2, -0.15) is 0 Å². The van der Waals surface area contributed by atoms with Crippen LogP contribution in [0, 0.1) is 0 Å². The van der Waals surface area contributed by atoms with Crippen LogP contribution in [-0.2, 0) is 0 Å². The molecule has 0 unspecified atom stereocenters. The summed E-state index contributed by atoms with van der Waals surface area (Å²) in [5, 5.41) is 20.9. The molecular weight excluding hydrogens is 657 g/mol. The number of rotatable bonds is 2. The highest BCUT2D eigenvalue weighted by Crippen LogP contribution is 2.47. The number of hydrogen-bond donors (Lipinski definition) is 0. The summed E-state index contributed by atoms with van der Waals surface area (Å²) in [4.78, 5) is 0. The fraction of sp³-hybridized carbons (Fsp3) is 0. The summed E-state index contributed by atoms with van der Waals surface area (Å²) in [6.07, 6.45) is 0. The Labute approximate surface area is 309 Å². The molecule has 0 aliphatic rings. The Kier molecular flexibility index (Phi) is 6.03. The van der Waals surface area contributed by atoms with Crippen molar-refractivity contribution >= 4 is 107 Å². The number of fused-ring (bicyclic) bond motifs is 16. The average molecular weight is 687 g/mol. The molecule has 53 heavy (non-hydrogen) atoms. The second kappa shape index (κ2) is 11.0. The van der Waals surface area contributed by atoms with E-state index < -0.39 is 0 Å². The van der Waals surface area contributed by atoms with E-state index in [2.05, 4.69) is 182 Å². The van der Waals surface area contributed by atoms with Crippen molar-refractivity contribution in [3.8, 4) is 22.3 Å². The lowest BCUT2D eigenvalue weighted by Gasteiger charge is -2.16. The van der Waals surface area contributed by atoms with Gasteiger partial charge < -0.3 is 0 Å². The minimum absolute atomic E-state index is 1.24. The Hall–Kier alpha value is -6.54. The second-order valence-electron chi connectivity index (χ2n) is 14.4. The minimum atomic E-state index is 1.24. The zero-order chi connectivity index (χ0) is 34.6. The third-order valence-electron chi connectivity index (χ3n) is 11.6. The third kappa shape index (κ3) is 4.17. The third-order valence-corrected chi connectivity index (χ3v) is 12.7. The van der Waals surface area contributed by atoms with Crippen LogP contribution in [0.1, 0.15) is 0 Å². The van der Waals surface area contributed by atoms with Crippen molar-refractivity contribution in [2.24, 2.45) is 0 Å². The molecule has 0 fully saturated rings. The van der Waals surface area contributed by atoms with Gasteiger partial charge in [0.15, 0.2) is 0 Å². The van der Waals surface area contributed by atoms with E-state index in [1.165, 1.54) is 118 Å². The summed E-state index contributed by atoms with van der Waals surface area (Å²) in [6, 6.07) is 68.0. The van der Waals surface area contributed by atoms with E-state index >= 15 is 0 Å². The normalized spacial score (nSPS) is 12.2. The van der Waals surface area contributed by atoms with Crippen LogP contribution in [0.3, 0.4) is 0 Å². The van der Waals surface area contributed by atoms with Crippen LogP contribution < -0.4 is 0 Å². The highest BCUT2D eigenvalue weighted by Gasteiger charge is 2.18. The first kappa shape index (κ1) is 29.1. The summed E-state index contributed by atoms with van der Waals surface area (Å²) >= 11 is 1.91. The van der Waals surface area contributed by atoms with E-state index in [1.807, 2.05) is 11.3 Å². The lowest BCUT2D eigenvalue weighted by atomic mass is 9.87. The van der Waals surface area contributed by atoms with E-state index in [4.69, 9.17) is 0 Å². The minimum Gasteiger partial charge on any atom is -0.135 e. The van der Waals surface area contributed by atoms with Crippen molar-refractivity contribution in [2.45, 2.75) is 0 Å². The molecule has 1 heteroatoms. The zero-order valence-corrected chi connectivity index (χ0v) is 29.5. The molecule has 0 radical (unpaired) electrons. The largest absolute Gasteiger partial charge is 0.135 e. The van der Waals surface area contributed by atoms with E-state index in [0.29, 0.717) is 0 Å². The Bertz CT molecular complexity index is 3510. The first-order valence-electron chi connectivity index (χ1n) is 18.3. The highest BCUT2D eigenvalue weighted by atomic mass is 32.1. The molecule has 244 valence electrons. The molecule has 0 spiro atoms. The molecule has 0 atom stereocenters. The van der Waals surface area contributed by atoms with Gasteiger partial charge in [-0.05, 0) is 122 Å². The van der Waals surface area contributed by atoms with Gasteiger partial charge in [0, 0.05) is 20.2 Å². The predicted molar refractivity (Wildman–Crippen MR) is 233 cm³/mol. The second-order valence-corrected chi connectivity index (χ2v) is 15.4. The van der Waals surface area contributed by atoms with Crippen LogP contribution in [0.5, 0.6) is 0 Å². The van der Waals surface area contributed by atoms with Gasteiger partial charge in [-0.3, -0.25) is 0 Å². The van der Waals surface area contributed by atoms with Gasteiger partial charge in [0.1, 0.15) is 0 Å². The first-order valence-corrected chi connectivity index (χ1v) is 19.2. The highest BCUT2D eigenvalue weighted by molar-refractivity contribution is 7.26. The summed E-state index contributed by atoms with van der Waals surface area (Å²) in [6.45, 7) is 0. The van der Waals surface area contributed by atoms with Crippen molar-refractivity contribution in [3.63, 3.8) is 0 Å². The Morgan fingerprint density at radius 2 is 0.717 bits per heavy atom. The fourth-order valence-corrected chi connectivity index (χ4v) is 10.4. The van der Waals surface area contributed by atoms with Gasteiger partial charge >= 0.3 is 0 Å². The fourth-order valence-electron chi connectivity index (χ4n) is 9.22. The van der Waals surface area contributed by atoms with Gasteiger partial charge in [-0.25, -0.2) is 0 Å². The SMILES string of the molecule is c1ccc2c(c1)ccc1cc(-c3ccc(-c4ccc5c(c4)c4ccccc4c4ccc6sc7ccc8ccccc8c7c6c45)c4ccccc34)ccc12. The zero-order valence-electron chi connectivity index (χ0n) is 28.7. The molecule has 0 N–H and O–H groups in total. The Morgan fingerprint density at radius 1 is 0.245 bits per heavy atom. The molecule has 0 bridgehead atoms. The first-order chi connectivity index (χ1) is 26.3. The molecule has 0 amide bonds.